The van der Waals surface area contributed by atoms with Gasteiger partial charge in [0.15, 0.2) is 6.61 Å². The summed E-state index contributed by atoms with van der Waals surface area (Å²) >= 11 is 0. The number of aliphatic carboxylic acids is 1. The van der Waals surface area contributed by atoms with Gasteiger partial charge in [0.05, 0.1) is 6.61 Å². The average Bonchev–Trinajstić information content (AvgIpc) is 2.45. The van der Waals surface area contributed by atoms with E-state index in [4.69, 9.17) is 14.6 Å². The highest BCUT2D eigenvalue weighted by atomic mass is 16.5. The highest BCUT2D eigenvalue weighted by Gasteiger charge is 2.14. The summed E-state index contributed by atoms with van der Waals surface area (Å²) in [7, 11) is 0. The Balaban J connectivity index is 2.42. The summed E-state index contributed by atoms with van der Waals surface area (Å²) in [6.07, 6.45) is 0.959. The topological polar surface area (TPSA) is 84.9 Å². The van der Waals surface area contributed by atoms with Crippen LogP contribution in [0.1, 0.15) is 27.2 Å². The Morgan fingerprint density at radius 2 is 1.82 bits per heavy atom. The maximum absolute atomic E-state index is 11.5. The van der Waals surface area contributed by atoms with Crippen LogP contribution in [0.15, 0.2) is 24.3 Å². The molecule has 1 atom stereocenters. The van der Waals surface area contributed by atoms with Gasteiger partial charge in [0.2, 0.25) is 0 Å². The molecule has 0 unspecified atom stereocenters. The number of hydrogen-bond donors (Lipinski definition) is 2. The largest absolute Gasteiger partial charge is 0.493 e. The molecule has 1 amide bonds. The van der Waals surface area contributed by atoms with Crippen LogP contribution in [0.25, 0.3) is 0 Å². The van der Waals surface area contributed by atoms with Crippen LogP contribution in [0.4, 0.5) is 0 Å². The molecule has 0 spiro atoms. The number of benzene rings is 1. The van der Waals surface area contributed by atoms with Crippen LogP contribution >= 0.6 is 0 Å². The fourth-order valence-corrected chi connectivity index (χ4v) is 1.56. The molecular weight excluding hydrogens is 286 g/mol. The first-order valence-corrected chi connectivity index (χ1v) is 7.26. The van der Waals surface area contributed by atoms with Crippen molar-refractivity contribution in [2.45, 2.75) is 33.2 Å². The van der Waals surface area contributed by atoms with Gasteiger partial charge in [0, 0.05) is 6.07 Å². The van der Waals surface area contributed by atoms with Gasteiger partial charge in [-0.25, -0.2) is 0 Å². The molecule has 0 aliphatic carbocycles. The highest BCUT2D eigenvalue weighted by Crippen LogP contribution is 2.19. The summed E-state index contributed by atoms with van der Waals surface area (Å²) in [6, 6.07) is 6.07. The number of carbonyl (C=O) groups excluding carboxylic acids is 1. The Morgan fingerprint density at radius 3 is 2.41 bits per heavy atom. The van der Waals surface area contributed by atoms with E-state index < -0.39 is 17.9 Å². The second-order valence-electron chi connectivity index (χ2n) is 5.42. The van der Waals surface area contributed by atoms with Crippen LogP contribution in [0.2, 0.25) is 0 Å². The quantitative estimate of drug-likeness (QED) is 0.729. The van der Waals surface area contributed by atoms with E-state index in [1.807, 2.05) is 6.07 Å². The normalized spacial score (nSPS) is 11.8. The fraction of sp³-hybridized carbons (Fsp3) is 0.500. The van der Waals surface area contributed by atoms with E-state index in [2.05, 4.69) is 19.2 Å². The van der Waals surface area contributed by atoms with Gasteiger partial charge in [0.1, 0.15) is 17.5 Å². The van der Waals surface area contributed by atoms with Crippen LogP contribution in [0, 0.1) is 5.92 Å². The predicted octanol–water partition coefficient (Wildman–Crippen LogP) is 2.08. The Kier molecular flexibility index (Phi) is 7.22. The lowest BCUT2D eigenvalue weighted by Crippen LogP contribution is -2.40. The van der Waals surface area contributed by atoms with E-state index in [0.717, 1.165) is 6.42 Å². The van der Waals surface area contributed by atoms with Gasteiger partial charge < -0.3 is 19.9 Å². The molecule has 0 heterocycles. The molecular formula is C16H23NO5. The van der Waals surface area contributed by atoms with E-state index in [1.54, 1.807) is 18.2 Å². The molecule has 0 fully saturated rings. The zero-order chi connectivity index (χ0) is 16.5. The first-order valence-electron chi connectivity index (χ1n) is 7.26. The summed E-state index contributed by atoms with van der Waals surface area (Å²) < 4.78 is 10.9. The summed E-state index contributed by atoms with van der Waals surface area (Å²) in [4.78, 5) is 22.2. The molecule has 6 nitrogen and oxygen atoms in total. The van der Waals surface area contributed by atoms with Gasteiger partial charge in [-0.05, 0) is 31.4 Å². The molecule has 0 aromatic heterocycles. The summed E-state index contributed by atoms with van der Waals surface area (Å²) in [6.45, 7) is 6.02. The first-order chi connectivity index (χ1) is 10.4. The number of rotatable bonds is 9. The van der Waals surface area contributed by atoms with Crippen molar-refractivity contribution in [2.24, 2.45) is 5.92 Å². The highest BCUT2D eigenvalue weighted by molar-refractivity contribution is 5.84. The number of ether oxygens (including phenoxy) is 2. The van der Waals surface area contributed by atoms with Gasteiger partial charge in [-0.15, -0.1) is 0 Å². The molecule has 1 aromatic rings. The van der Waals surface area contributed by atoms with Gasteiger partial charge in [-0.3, -0.25) is 9.59 Å². The maximum Gasteiger partial charge on any atom is 0.325 e. The van der Waals surface area contributed by atoms with Crippen molar-refractivity contribution in [2.75, 3.05) is 13.2 Å². The molecule has 2 N–H and O–H groups in total. The van der Waals surface area contributed by atoms with Crippen LogP contribution in [-0.2, 0) is 9.59 Å². The van der Waals surface area contributed by atoms with Crippen LogP contribution in [0.5, 0.6) is 11.5 Å². The van der Waals surface area contributed by atoms with Crippen molar-refractivity contribution >= 4 is 11.9 Å². The third kappa shape index (κ3) is 6.97. The third-order valence-corrected chi connectivity index (χ3v) is 2.89. The molecule has 22 heavy (non-hydrogen) atoms. The molecule has 0 saturated heterocycles. The standard InChI is InChI=1S/C16H23NO5/c1-11(2)7-8-21-13-5-4-6-14(9-13)22-10-15(18)17-12(3)16(19)20/h4-6,9,11-12H,7-8,10H2,1-3H3,(H,17,18)(H,19,20)/t12-/m1/s1. The number of carbonyl (C=O) groups is 2. The average molecular weight is 309 g/mol. The summed E-state index contributed by atoms with van der Waals surface area (Å²) in [5, 5.41) is 11.0. The Labute approximate surface area is 130 Å². The monoisotopic (exact) mass is 309 g/mol. The Morgan fingerprint density at radius 1 is 1.18 bits per heavy atom. The first kappa shape index (κ1) is 17.8. The van der Waals surface area contributed by atoms with E-state index >= 15 is 0 Å². The number of amides is 1. The molecule has 0 saturated carbocycles. The molecule has 1 aromatic carbocycles. The minimum atomic E-state index is -1.09. The smallest absolute Gasteiger partial charge is 0.325 e. The number of hydrogen-bond acceptors (Lipinski definition) is 4. The third-order valence-electron chi connectivity index (χ3n) is 2.89. The van der Waals surface area contributed by atoms with E-state index in [-0.39, 0.29) is 6.61 Å². The number of carboxylic acid groups (broad SMARTS) is 1. The van der Waals surface area contributed by atoms with Gasteiger partial charge >= 0.3 is 5.97 Å². The van der Waals surface area contributed by atoms with Crippen molar-refractivity contribution in [3.05, 3.63) is 24.3 Å². The summed E-state index contributed by atoms with van der Waals surface area (Å²) in [5.74, 6) is 0.173. The number of carboxylic acids is 1. The fourth-order valence-electron chi connectivity index (χ4n) is 1.56. The van der Waals surface area contributed by atoms with Crippen LogP contribution < -0.4 is 14.8 Å². The van der Waals surface area contributed by atoms with Crippen LogP contribution in [-0.4, -0.2) is 36.2 Å². The van der Waals surface area contributed by atoms with Crippen molar-refractivity contribution in [3.8, 4) is 11.5 Å². The van der Waals surface area contributed by atoms with Crippen LogP contribution in [0.3, 0.4) is 0 Å². The lowest BCUT2D eigenvalue weighted by Gasteiger charge is -2.12. The van der Waals surface area contributed by atoms with Crippen molar-refractivity contribution in [3.63, 3.8) is 0 Å². The second-order valence-corrected chi connectivity index (χ2v) is 5.42. The van der Waals surface area contributed by atoms with Crippen molar-refractivity contribution < 1.29 is 24.2 Å². The van der Waals surface area contributed by atoms with Gasteiger partial charge in [0.25, 0.3) is 5.91 Å². The Hall–Kier alpha value is -2.24. The molecule has 122 valence electrons. The molecule has 6 heteroatoms. The molecule has 1 rings (SSSR count). The molecule has 0 radical (unpaired) electrons. The maximum atomic E-state index is 11.5. The molecule has 0 bridgehead atoms. The predicted molar refractivity (Wildman–Crippen MR) is 82.1 cm³/mol. The van der Waals surface area contributed by atoms with E-state index in [9.17, 15) is 9.59 Å². The minimum Gasteiger partial charge on any atom is -0.493 e. The number of nitrogens with one attached hydrogen (secondary N) is 1. The van der Waals surface area contributed by atoms with Gasteiger partial charge in [-0.2, -0.15) is 0 Å². The lowest BCUT2D eigenvalue weighted by atomic mass is 10.1. The van der Waals surface area contributed by atoms with Crippen molar-refractivity contribution in [1.82, 2.24) is 5.32 Å². The summed E-state index contributed by atoms with van der Waals surface area (Å²) in [5.41, 5.74) is 0. The zero-order valence-corrected chi connectivity index (χ0v) is 13.2. The minimum absolute atomic E-state index is 0.243. The second kappa shape index (κ2) is 8.92. The molecule has 0 aliphatic rings. The van der Waals surface area contributed by atoms with Crippen molar-refractivity contribution in [1.29, 1.82) is 0 Å². The van der Waals surface area contributed by atoms with E-state index in [1.165, 1.54) is 6.92 Å². The Bertz CT molecular complexity index is 501. The molecule has 0 aliphatic heterocycles. The zero-order valence-electron chi connectivity index (χ0n) is 13.2. The lowest BCUT2D eigenvalue weighted by molar-refractivity contribution is -0.141. The SMILES string of the molecule is CC(C)CCOc1cccc(OCC(=O)N[C@H](C)C(=O)O)c1. The van der Waals surface area contributed by atoms with E-state index in [0.29, 0.717) is 24.0 Å². The van der Waals surface area contributed by atoms with Gasteiger partial charge in [-0.1, -0.05) is 19.9 Å².